The Labute approximate surface area is 135 Å². The van der Waals surface area contributed by atoms with Gasteiger partial charge in [-0.3, -0.25) is 0 Å². The van der Waals surface area contributed by atoms with E-state index in [1.807, 2.05) is 18.2 Å². The summed E-state index contributed by atoms with van der Waals surface area (Å²) >= 11 is 6.99. The lowest BCUT2D eigenvalue weighted by atomic mass is 10.0. The van der Waals surface area contributed by atoms with E-state index in [0.717, 1.165) is 27.5 Å². The van der Waals surface area contributed by atoms with Crippen LogP contribution in [0.4, 0.5) is 8.78 Å². The molecule has 6 heteroatoms. The largest absolute Gasteiger partial charge is 0.375 e. The van der Waals surface area contributed by atoms with Crippen molar-refractivity contribution in [3.05, 3.63) is 32.7 Å². The third-order valence-electron chi connectivity index (χ3n) is 2.77. The van der Waals surface area contributed by atoms with Gasteiger partial charge in [0.25, 0.3) is 6.43 Å². The van der Waals surface area contributed by atoms with Crippen LogP contribution < -0.4 is 5.32 Å². The van der Waals surface area contributed by atoms with Crippen molar-refractivity contribution in [2.45, 2.75) is 32.2 Å². The Morgan fingerprint density at radius 3 is 2.70 bits per heavy atom. The molecule has 0 aliphatic rings. The smallest absolute Gasteiger partial charge is 0.261 e. The Hall–Kier alpha value is -0.0400. The number of alkyl halides is 2. The first-order valence-corrected chi connectivity index (χ1v) is 8.17. The van der Waals surface area contributed by atoms with Gasteiger partial charge in [0.2, 0.25) is 0 Å². The van der Waals surface area contributed by atoms with Gasteiger partial charge in [-0.2, -0.15) is 0 Å². The van der Waals surface area contributed by atoms with Crippen molar-refractivity contribution < 1.29 is 13.5 Å². The maximum Gasteiger partial charge on any atom is 0.261 e. The average Bonchev–Trinajstić information content (AvgIpc) is 2.41. The molecule has 114 valence electrons. The van der Waals surface area contributed by atoms with Crippen LogP contribution in [0.1, 0.15) is 31.4 Å². The molecule has 2 nitrogen and oxygen atoms in total. The van der Waals surface area contributed by atoms with Gasteiger partial charge in [-0.15, -0.1) is 0 Å². The molecular weight excluding hydrogens is 396 g/mol. The van der Waals surface area contributed by atoms with Gasteiger partial charge in [0.1, 0.15) is 6.61 Å². The summed E-state index contributed by atoms with van der Waals surface area (Å²) in [4.78, 5) is 0. The minimum absolute atomic E-state index is 0.0829. The van der Waals surface area contributed by atoms with Crippen molar-refractivity contribution in [3.63, 3.8) is 0 Å². The first-order valence-electron chi connectivity index (χ1n) is 6.58. The number of halogens is 4. The van der Waals surface area contributed by atoms with E-state index in [0.29, 0.717) is 13.0 Å². The molecule has 1 unspecified atom stereocenters. The lowest BCUT2D eigenvalue weighted by molar-refractivity contribution is 0.0143. The van der Waals surface area contributed by atoms with Crippen LogP contribution >= 0.6 is 31.9 Å². The van der Waals surface area contributed by atoms with Crippen molar-refractivity contribution in [1.82, 2.24) is 5.32 Å². The molecule has 0 saturated carbocycles. The van der Waals surface area contributed by atoms with Crippen LogP contribution in [0.5, 0.6) is 0 Å². The molecule has 1 rings (SSSR count). The summed E-state index contributed by atoms with van der Waals surface area (Å²) in [6.45, 7) is 2.77. The molecule has 0 aliphatic carbocycles. The summed E-state index contributed by atoms with van der Waals surface area (Å²) in [5.74, 6) is 0. The second kappa shape index (κ2) is 9.82. The predicted molar refractivity (Wildman–Crippen MR) is 84.3 cm³/mol. The molecule has 1 aromatic rings. The normalized spacial score (nSPS) is 12.9. The maximum absolute atomic E-state index is 12.0. The molecule has 1 N–H and O–H groups in total. The topological polar surface area (TPSA) is 21.3 Å². The highest BCUT2D eigenvalue weighted by molar-refractivity contribution is 9.11. The molecule has 20 heavy (non-hydrogen) atoms. The van der Waals surface area contributed by atoms with Crippen LogP contribution in [0.15, 0.2) is 27.1 Å². The Balaban J connectivity index is 2.65. The standard InChI is InChI=1S/C14H19Br2F2NO/c1-2-6-19-13(5-7-20-9-14(17)18)11-8-10(15)3-4-12(11)16/h3-4,8,13-14,19H,2,5-7,9H2,1H3. The van der Waals surface area contributed by atoms with E-state index in [1.54, 1.807) is 0 Å². The highest BCUT2D eigenvalue weighted by Gasteiger charge is 2.14. The molecule has 0 heterocycles. The molecule has 0 radical (unpaired) electrons. The van der Waals surface area contributed by atoms with E-state index in [4.69, 9.17) is 4.74 Å². The van der Waals surface area contributed by atoms with Gasteiger partial charge in [0.05, 0.1) is 0 Å². The fraction of sp³-hybridized carbons (Fsp3) is 0.571. The van der Waals surface area contributed by atoms with Gasteiger partial charge >= 0.3 is 0 Å². The van der Waals surface area contributed by atoms with E-state index < -0.39 is 13.0 Å². The fourth-order valence-corrected chi connectivity index (χ4v) is 2.74. The number of hydrogen-bond acceptors (Lipinski definition) is 2. The lowest BCUT2D eigenvalue weighted by Gasteiger charge is -2.20. The molecule has 0 aromatic heterocycles. The van der Waals surface area contributed by atoms with Crippen molar-refractivity contribution in [2.24, 2.45) is 0 Å². The zero-order valence-corrected chi connectivity index (χ0v) is 14.5. The molecule has 0 bridgehead atoms. The summed E-state index contributed by atoms with van der Waals surface area (Å²) in [6, 6.07) is 6.04. The van der Waals surface area contributed by atoms with Crippen LogP contribution in [0.25, 0.3) is 0 Å². The maximum atomic E-state index is 12.0. The Bertz CT molecular complexity index is 405. The monoisotopic (exact) mass is 413 g/mol. The van der Waals surface area contributed by atoms with Crippen LogP contribution in [0, 0.1) is 0 Å². The minimum atomic E-state index is -2.41. The third kappa shape index (κ3) is 6.61. The molecule has 0 saturated heterocycles. The van der Waals surface area contributed by atoms with Crippen LogP contribution in [0.3, 0.4) is 0 Å². The van der Waals surface area contributed by atoms with E-state index in [1.165, 1.54) is 0 Å². The van der Waals surface area contributed by atoms with E-state index in [2.05, 4.69) is 44.1 Å². The molecule has 1 aromatic carbocycles. The summed E-state index contributed by atoms with van der Waals surface area (Å²) in [6.07, 6.45) is -0.739. The predicted octanol–water partition coefficient (Wildman–Crippen LogP) is 4.92. The molecular formula is C14H19Br2F2NO. The number of nitrogens with one attached hydrogen (secondary N) is 1. The highest BCUT2D eigenvalue weighted by atomic mass is 79.9. The SMILES string of the molecule is CCCNC(CCOCC(F)F)c1cc(Br)ccc1Br. The summed E-state index contributed by atoms with van der Waals surface area (Å²) in [5, 5.41) is 3.42. The Morgan fingerprint density at radius 1 is 1.30 bits per heavy atom. The van der Waals surface area contributed by atoms with Gasteiger partial charge in [0.15, 0.2) is 0 Å². The van der Waals surface area contributed by atoms with Crippen LogP contribution in [-0.2, 0) is 4.74 Å². The number of rotatable bonds is 9. The molecule has 0 amide bonds. The average molecular weight is 415 g/mol. The number of benzene rings is 1. The Morgan fingerprint density at radius 2 is 2.05 bits per heavy atom. The van der Waals surface area contributed by atoms with E-state index in [9.17, 15) is 8.78 Å². The van der Waals surface area contributed by atoms with Gasteiger partial charge in [-0.25, -0.2) is 8.78 Å². The zero-order valence-electron chi connectivity index (χ0n) is 11.3. The van der Waals surface area contributed by atoms with E-state index in [-0.39, 0.29) is 6.04 Å². The Kier molecular flexibility index (Phi) is 8.84. The van der Waals surface area contributed by atoms with Gasteiger partial charge < -0.3 is 10.1 Å². The number of hydrogen-bond donors (Lipinski definition) is 1. The molecule has 0 fully saturated rings. The number of ether oxygens (including phenoxy) is 1. The summed E-state index contributed by atoms with van der Waals surface area (Å²) in [5.41, 5.74) is 1.11. The van der Waals surface area contributed by atoms with Gasteiger partial charge in [0, 0.05) is 21.6 Å². The quantitative estimate of drug-likeness (QED) is 0.578. The summed E-state index contributed by atoms with van der Waals surface area (Å²) in [7, 11) is 0. The van der Waals surface area contributed by atoms with Gasteiger partial charge in [-0.05, 0) is 43.1 Å². The van der Waals surface area contributed by atoms with Crippen molar-refractivity contribution in [2.75, 3.05) is 19.8 Å². The minimum Gasteiger partial charge on any atom is -0.375 e. The highest BCUT2D eigenvalue weighted by Crippen LogP contribution is 2.28. The van der Waals surface area contributed by atoms with Crippen LogP contribution in [0.2, 0.25) is 0 Å². The fourth-order valence-electron chi connectivity index (χ4n) is 1.84. The van der Waals surface area contributed by atoms with Crippen molar-refractivity contribution >= 4 is 31.9 Å². The van der Waals surface area contributed by atoms with Crippen molar-refractivity contribution in [1.29, 1.82) is 0 Å². The van der Waals surface area contributed by atoms with Crippen molar-refractivity contribution in [3.8, 4) is 0 Å². The van der Waals surface area contributed by atoms with E-state index >= 15 is 0 Å². The van der Waals surface area contributed by atoms with Gasteiger partial charge in [-0.1, -0.05) is 38.8 Å². The molecule has 0 aliphatic heterocycles. The first kappa shape index (κ1) is 18.0. The van der Waals surface area contributed by atoms with Crippen LogP contribution in [-0.4, -0.2) is 26.2 Å². The zero-order chi connectivity index (χ0) is 15.0. The molecule has 0 spiro atoms. The summed E-state index contributed by atoms with van der Waals surface area (Å²) < 4.78 is 31.1. The first-order chi connectivity index (χ1) is 9.54. The second-order valence-electron chi connectivity index (χ2n) is 4.43. The lowest BCUT2D eigenvalue weighted by Crippen LogP contribution is -2.24. The second-order valence-corrected chi connectivity index (χ2v) is 6.20. The molecule has 1 atom stereocenters. The third-order valence-corrected chi connectivity index (χ3v) is 3.98.